The van der Waals surface area contributed by atoms with Gasteiger partial charge in [0.15, 0.2) is 5.82 Å². The second kappa shape index (κ2) is 10.6. The standard InChI is InChI=1S/C35H34F2N6O2/c1-3-24-26(36)8-7-21-16-22(38)17-25(27(21)24)31-29(37)32-28-30(39-31)20(2)15-23-18-44-14-6-13-43(23)33(28)41-34(40-32)45-19-35-9-4-11-42(35)12-5-10-35/h1,7-8,15-17,23H,4-6,9-14,18-19,38H2,2H3. The van der Waals surface area contributed by atoms with E-state index in [4.69, 9.17) is 36.6 Å². The lowest BCUT2D eigenvalue weighted by Crippen LogP contribution is -2.43. The Kier molecular flexibility index (Phi) is 6.66. The average molecular weight is 609 g/mol. The number of terminal acetylenes is 1. The molecular weight excluding hydrogens is 574 g/mol. The van der Waals surface area contributed by atoms with Crippen molar-refractivity contribution in [1.82, 2.24) is 19.9 Å². The maximum Gasteiger partial charge on any atom is 0.319 e. The molecule has 2 N–H and O–H groups in total. The van der Waals surface area contributed by atoms with E-state index in [9.17, 15) is 4.39 Å². The quantitative estimate of drug-likeness (QED) is 0.233. The molecule has 8 nitrogen and oxygen atoms in total. The second-order valence-corrected chi connectivity index (χ2v) is 12.7. The number of nitrogens with two attached hydrogens (primary N) is 1. The summed E-state index contributed by atoms with van der Waals surface area (Å²) in [6.45, 7) is 6.29. The van der Waals surface area contributed by atoms with E-state index >= 15 is 4.39 Å². The lowest BCUT2D eigenvalue weighted by molar-refractivity contribution is 0.108. The van der Waals surface area contributed by atoms with Crippen molar-refractivity contribution in [2.24, 2.45) is 0 Å². The van der Waals surface area contributed by atoms with E-state index in [1.54, 1.807) is 18.2 Å². The van der Waals surface area contributed by atoms with Gasteiger partial charge in [0.25, 0.3) is 0 Å². The molecule has 2 aromatic carbocycles. The summed E-state index contributed by atoms with van der Waals surface area (Å²) >= 11 is 0. The van der Waals surface area contributed by atoms with Crippen LogP contribution >= 0.6 is 0 Å². The Morgan fingerprint density at radius 3 is 2.69 bits per heavy atom. The van der Waals surface area contributed by atoms with Crippen LogP contribution in [0.2, 0.25) is 0 Å². The third kappa shape index (κ3) is 4.43. The fourth-order valence-electron chi connectivity index (χ4n) is 7.89. The average Bonchev–Trinajstić information content (AvgIpc) is 3.50. The van der Waals surface area contributed by atoms with Crippen LogP contribution in [0.15, 0.2) is 30.3 Å². The van der Waals surface area contributed by atoms with Crippen LogP contribution < -0.4 is 15.4 Å². The number of hydrogen-bond acceptors (Lipinski definition) is 8. The SMILES string of the molecule is C#Cc1c(F)ccc2cc(N)cc(-c3nc4c5c(nc(OCC67CCCN6CCC7)nc5c3F)N3CCCOCC3C=C4C)c12. The van der Waals surface area contributed by atoms with Gasteiger partial charge >= 0.3 is 6.01 Å². The van der Waals surface area contributed by atoms with Crippen molar-refractivity contribution in [3.63, 3.8) is 0 Å². The van der Waals surface area contributed by atoms with Gasteiger partial charge < -0.3 is 20.1 Å². The van der Waals surface area contributed by atoms with Gasteiger partial charge in [-0.25, -0.2) is 13.8 Å². The van der Waals surface area contributed by atoms with Crippen molar-refractivity contribution in [3.8, 4) is 29.6 Å². The highest BCUT2D eigenvalue weighted by Gasteiger charge is 2.45. The van der Waals surface area contributed by atoms with E-state index in [0.29, 0.717) is 65.3 Å². The molecule has 10 heteroatoms. The Morgan fingerprint density at radius 1 is 1.07 bits per heavy atom. The number of allylic oxidation sites excluding steroid dienone is 1. The first-order chi connectivity index (χ1) is 21.9. The van der Waals surface area contributed by atoms with Gasteiger partial charge in [-0.05, 0) is 81.3 Å². The zero-order valence-corrected chi connectivity index (χ0v) is 25.2. The summed E-state index contributed by atoms with van der Waals surface area (Å²) in [6.07, 6.45) is 13.1. The number of aromatic nitrogens is 3. The predicted molar refractivity (Wildman–Crippen MR) is 171 cm³/mol. The first-order valence-corrected chi connectivity index (χ1v) is 15.7. The van der Waals surface area contributed by atoms with Gasteiger partial charge in [-0.3, -0.25) is 4.90 Å². The molecule has 4 aliphatic heterocycles. The number of pyridine rings is 1. The van der Waals surface area contributed by atoms with E-state index < -0.39 is 11.6 Å². The van der Waals surface area contributed by atoms with Crippen molar-refractivity contribution >= 4 is 38.8 Å². The number of anilines is 2. The van der Waals surface area contributed by atoms with Gasteiger partial charge in [0.1, 0.15) is 29.5 Å². The van der Waals surface area contributed by atoms with Crippen molar-refractivity contribution in [2.45, 2.75) is 50.6 Å². The van der Waals surface area contributed by atoms with Crippen molar-refractivity contribution in [3.05, 3.63) is 53.2 Å². The number of benzene rings is 2. The van der Waals surface area contributed by atoms with E-state index in [1.165, 1.54) is 6.07 Å². The Morgan fingerprint density at radius 2 is 1.89 bits per heavy atom. The Labute approximate surface area is 260 Å². The molecule has 1 atom stereocenters. The lowest BCUT2D eigenvalue weighted by Gasteiger charge is -2.32. The molecule has 6 heterocycles. The molecule has 0 bridgehead atoms. The number of fused-ring (bicyclic) bond motifs is 4. The molecule has 0 spiro atoms. The van der Waals surface area contributed by atoms with Crippen molar-refractivity contribution in [2.75, 3.05) is 50.1 Å². The molecule has 2 aromatic heterocycles. The van der Waals surface area contributed by atoms with Gasteiger partial charge in [-0.2, -0.15) is 9.97 Å². The number of nitrogen functional groups attached to an aromatic ring is 1. The van der Waals surface area contributed by atoms with Crippen LogP contribution in [0.3, 0.4) is 0 Å². The fraction of sp³-hybridized carbons (Fsp3) is 0.400. The maximum absolute atomic E-state index is 17.1. The van der Waals surface area contributed by atoms with E-state index in [0.717, 1.165) is 50.8 Å². The summed E-state index contributed by atoms with van der Waals surface area (Å²) in [5.74, 6) is 1.79. The summed E-state index contributed by atoms with van der Waals surface area (Å²) in [5.41, 5.74) is 8.42. The van der Waals surface area contributed by atoms with Crippen LogP contribution in [0.5, 0.6) is 6.01 Å². The highest BCUT2D eigenvalue weighted by molar-refractivity contribution is 6.06. The molecule has 4 aromatic rings. The first-order valence-electron chi connectivity index (χ1n) is 15.7. The summed E-state index contributed by atoms with van der Waals surface area (Å²) in [5, 5.41) is 1.48. The Balaban J connectivity index is 1.38. The highest BCUT2D eigenvalue weighted by atomic mass is 19.1. The molecule has 0 radical (unpaired) electrons. The van der Waals surface area contributed by atoms with Crippen LogP contribution in [0.25, 0.3) is 38.5 Å². The van der Waals surface area contributed by atoms with Crippen LogP contribution in [0, 0.1) is 24.0 Å². The lowest BCUT2D eigenvalue weighted by atomic mass is 9.94. The molecule has 0 aliphatic carbocycles. The minimum atomic E-state index is -0.666. The van der Waals surface area contributed by atoms with E-state index in [2.05, 4.69) is 21.8 Å². The fourth-order valence-corrected chi connectivity index (χ4v) is 7.89. The molecule has 3 saturated heterocycles. The third-order valence-corrected chi connectivity index (χ3v) is 9.98. The molecular formula is C35H34F2N6O2. The third-order valence-electron chi connectivity index (χ3n) is 9.98. The van der Waals surface area contributed by atoms with Crippen molar-refractivity contribution in [1.29, 1.82) is 0 Å². The number of halogens is 2. The summed E-state index contributed by atoms with van der Waals surface area (Å²) in [6, 6.07) is 6.17. The molecule has 4 aliphatic rings. The van der Waals surface area contributed by atoms with Gasteiger partial charge in [-0.1, -0.05) is 18.1 Å². The molecule has 1 unspecified atom stereocenters. The Bertz CT molecular complexity index is 1940. The zero-order valence-electron chi connectivity index (χ0n) is 25.2. The predicted octanol–water partition coefficient (Wildman–Crippen LogP) is 5.71. The number of hydrogen-bond donors (Lipinski definition) is 1. The second-order valence-electron chi connectivity index (χ2n) is 12.7. The Hall–Kier alpha value is -4.33. The van der Waals surface area contributed by atoms with E-state index in [-0.39, 0.29) is 34.4 Å². The van der Waals surface area contributed by atoms with Gasteiger partial charge in [0.05, 0.1) is 34.8 Å². The van der Waals surface area contributed by atoms with Crippen LogP contribution in [0.4, 0.5) is 20.3 Å². The molecule has 230 valence electrons. The molecule has 45 heavy (non-hydrogen) atoms. The number of nitrogens with zero attached hydrogens (tertiary/aromatic N) is 5. The molecule has 3 fully saturated rings. The number of ether oxygens (including phenoxy) is 2. The monoisotopic (exact) mass is 608 g/mol. The topological polar surface area (TPSA) is 89.6 Å². The smallest absolute Gasteiger partial charge is 0.319 e. The largest absolute Gasteiger partial charge is 0.461 e. The first kappa shape index (κ1) is 28.2. The minimum Gasteiger partial charge on any atom is -0.461 e. The minimum absolute atomic E-state index is 0.00931. The number of rotatable bonds is 4. The molecule has 8 rings (SSSR count). The normalized spacial score (nSPS) is 20.8. The molecule has 0 amide bonds. The summed E-state index contributed by atoms with van der Waals surface area (Å²) < 4.78 is 44.5. The zero-order chi connectivity index (χ0) is 30.9. The van der Waals surface area contributed by atoms with E-state index in [1.807, 2.05) is 6.92 Å². The van der Waals surface area contributed by atoms with Crippen molar-refractivity contribution < 1.29 is 18.3 Å². The van der Waals surface area contributed by atoms with Crippen LogP contribution in [0.1, 0.15) is 50.3 Å². The molecule has 0 saturated carbocycles. The van der Waals surface area contributed by atoms with Gasteiger partial charge in [-0.15, -0.1) is 6.42 Å². The summed E-state index contributed by atoms with van der Waals surface area (Å²) in [4.78, 5) is 19.3. The van der Waals surface area contributed by atoms with Crippen LogP contribution in [-0.4, -0.2) is 70.9 Å². The maximum atomic E-state index is 17.1. The van der Waals surface area contributed by atoms with Crippen LogP contribution in [-0.2, 0) is 4.74 Å². The summed E-state index contributed by atoms with van der Waals surface area (Å²) in [7, 11) is 0. The highest BCUT2D eigenvalue weighted by Crippen LogP contribution is 2.43. The van der Waals surface area contributed by atoms with Gasteiger partial charge in [0.2, 0.25) is 0 Å². The van der Waals surface area contributed by atoms with Gasteiger partial charge in [0, 0.05) is 29.8 Å².